The van der Waals surface area contributed by atoms with Crippen LogP contribution in [0.1, 0.15) is 36.7 Å². The van der Waals surface area contributed by atoms with E-state index in [1.165, 1.54) is 23.8 Å². The molecule has 0 bridgehead atoms. The summed E-state index contributed by atoms with van der Waals surface area (Å²) in [6.45, 7) is 6.43. The van der Waals surface area contributed by atoms with Gasteiger partial charge in [0.15, 0.2) is 0 Å². The van der Waals surface area contributed by atoms with Gasteiger partial charge in [0, 0.05) is 11.4 Å². The number of primary sulfonamides is 1. The van der Waals surface area contributed by atoms with Gasteiger partial charge >= 0.3 is 0 Å². The highest BCUT2D eigenvalue weighted by atomic mass is 32.2. The van der Waals surface area contributed by atoms with E-state index in [0.29, 0.717) is 16.9 Å². The smallest absolute Gasteiger partial charge is 0.257 e. The van der Waals surface area contributed by atoms with E-state index < -0.39 is 10.0 Å². The van der Waals surface area contributed by atoms with Gasteiger partial charge in [-0.2, -0.15) is 0 Å². The maximum Gasteiger partial charge on any atom is 0.257 e. The highest BCUT2D eigenvalue weighted by Gasteiger charge is 2.16. The number of benzene rings is 3. The quantitative estimate of drug-likeness (QED) is 0.557. The zero-order chi connectivity index (χ0) is 21.9. The van der Waals surface area contributed by atoms with Gasteiger partial charge in [0.2, 0.25) is 10.0 Å². The van der Waals surface area contributed by atoms with Gasteiger partial charge in [-0.1, -0.05) is 51.1 Å². The third kappa shape index (κ3) is 5.25. The average Bonchev–Trinajstić information content (AvgIpc) is 2.67. The fraction of sp³-hybridized carbons (Fsp3) is 0.174. The van der Waals surface area contributed by atoms with Crippen LogP contribution >= 0.6 is 0 Å². The first kappa shape index (κ1) is 21.5. The predicted octanol–water partition coefficient (Wildman–Crippen LogP) is 4.63. The second-order valence-corrected chi connectivity index (χ2v) is 9.59. The zero-order valence-corrected chi connectivity index (χ0v) is 18.0. The first-order chi connectivity index (χ1) is 14.0. The predicted molar refractivity (Wildman–Crippen MR) is 121 cm³/mol. The maximum atomic E-state index is 12.9. The van der Waals surface area contributed by atoms with Crippen LogP contribution in [-0.2, 0) is 15.4 Å². The number of nitrogens with two attached hydrogens (primary N) is 1. The van der Waals surface area contributed by atoms with Crippen LogP contribution in [0, 0.1) is 0 Å². The van der Waals surface area contributed by atoms with E-state index in [-0.39, 0.29) is 16.2 Å². The van der Waals surface area contributed by atoms with Crippen LogP contribution in [0.3, 0.4) is 0 Å². The minimum atomic E-state index is -3.85. The molecule has 0 fully saturated rings. The summed E-state index contributed by atoms with van der Waals surface area (Å²) in [7, 11) is -3.85. The van der Waals surface area contributed by atoms with Crippen LogP contribution in [0.15, 0.2) is 77.7 Å². The Kier molecular flexibility index (Phi) is 5.96. The molecule has 0 aliphatic heterocycles. The van der Waals surface area contributed by atoms with Gasteiger partial charge in [-0.05, 0) is 53.4 Å². The Morgan fingerprint density at radius 3 is 2.23 bits per heavy atom. The number of amides is 1. The van der Waals surface area contributed by atoms with Crippen molar-refractivity contribution in [3.05, 3.63) is 83.9 Å². The van der Waals surface area contributed by atoms with E-state index in [1.54, 1.807) is 18.2 Å². The van der Waals surface area contributed by atoms with Gasteiger partial charge in [0.05, 0.1) is 16.1 Å². The number of para-hydroxylation sites is 1. The Balaban J connectivity index is 1.86. The summed E-state index contributed by atoms with van der Waals surface area (Å²) in [5.74, 6) is -0.364. The van der Waals surface area contributed by atoms with Crippen LogP contribution < -0.4 is 15.8 Å². The number of hydrogen-bond acceptors (Lipinski definition) is 4. The lowest BCUT2D eigenvalue weighted by molar-refractivity contribution is 0.102. The Bertz CT molecular complexity index is 1180. The van der Waals surface area contributed by atoms with Crippen molar-refractivity contribution in [2.24, 2.45) is 5.14 Å². The molecular formula is C23H25N3O3S. The SMILES string of the molecule is CC(C)(C)c1cccc(Nc2ccccc2C(=O)Nc2cccc(S(N)(=O)=O)c2)c1. The van der Waals surface area contributed by atoms with Gasteiger partial charge in [0.25, 0.3) is 5.91 Å². The summed E-state index contributed by atoms with van der Waals surface area (Å²) in [6, 6.07) is 21.0. The van der Waals surface area contributed by atoms with Crippen molar-refractivity contribution in [1.82, 2.24) is 0 Å². The highest BCUT2D eigenvalue weighted by molar-refractivity contribution is 7.89. The monoisotopic (exact) mass is 423 g/mol. The molecule has 1 amide bonds. The van der Waals surface area contributed by atoms with Crippen molar-refractivity contribution in [3.63, 3.8) is 0 Å². The molecule has 30 heavy (non-hydrogen) atoms. The van der Waals surface area contributed by atoms with E-state index in [9.17, 15) is 13.2 Å². The molecule has 0 unspecified atom stereocenters. The minimum Gasteiger partial charge on any atom is -0.355 e. The lowest BCUT2D eigenvalue weighted by Crippen LogP contribution is -2.16. The topological polar surface area (TPSA) is 101 Å². The van der Waals surface area contributed by atoms with Crippen molar-refractivity contribution in [3.8, 4) is 0 Å². The van der Waals surface area contributed by atoms with E-state index in [0.717, 1.165) is 5.69 Å². The van der Waals surface area contributed by atoms with Crippen molar-refractivity contribution in [1.29, 1.82) is 0 Å². The maximum absolute atomic E-state index is 12.9. The first-order valence-electron chi connectivity index (χ1n) is 9.45. The lowest BCUT2D eigenvalue weighted by atomic mass is 9.87. The molecule has 0 aliphatic carbocycles. The summed E-state index contributed by atoms with van der Waals surface area (Å²) in [5.41, 5.74) is 3.47. The molecule has 7 heteroatoms. The van der Waals surface area contributed by atoms with Crippen molar-refractivity contribution < 1.29 is 13.2 Å². The zero-order valence-electron chi connectivity index (χ0n) is 17.1. The molecule has 0 aliphatic rings. The third-order valence-corrected chi connectivity index (χ3v) is 5.51. The van der Waals surface area contributed by atoms with Crippen LogP contribution in [0.25, 0.3) is 0 Å². The van der Waals surface area contributed by atoms with Gasteiger partial charge in [-0.25, -0.2) is 13.6 Å². The number of rotatable bonds is 5. The Hall–Kier alpha value is -3.16. The van der Waals surface area contributed by atoms with Crippen LogP contribution in [0.5, 0.6) is 0 Å². The second kappa shape index (κ2) is 8.30. The number of carbonyl (C=O) groups is 1. The summed E-state index contributed by atoms with van der Waals surface area (Å²) in [6.07, 6.45) is 0. The molecule has 4 N–H and O–H groups in total. The standard InChI is InChI=1S/C23H25N3O3S/c1-23(2,3)16-8-6-9-17(14-16)25-21-13-5-4-12-20(21)22(27)26-18-10-7-11-19(15-18)30(24,28)29/h4-15,25H,1-3H3,(H,26,27)(H2,24,28,29). The van der Waals surface area contributed by atoms with E-state index in [2.05, 4.69) is 43.5 Å². The van der Waals surface area contributed by atoms with Gasteiger partial charge in [-0.3, -0.25) is 4.79 Å². The molecule has 0 saturated carbocycles. The fourth-order valence-corrected chi connectivity index (χ4v) is 3.52. The molecule has 3 rings (SSSR count). The van der Waals surface area contributed by atoms with E-state index in [4.69, 9.17) is 5.14 Å². The fourth-order valence-electron chi connectivity index (χ4n) is 2.96. The third-order valence-electron chi connectivity index (χ3n) is 4.60. The molecule has 0 saturated heterocycles. The minimum absolute atomic E-state index is 0.00290. The Morgan fingerprint density at radius 1 is 0.867 bits per heavy atom. The molecule has 0 heterocycles. The van der Waals surface area contributed by atoms with E-state index >= 15 is 0 Å². The van der Waals surface area contributed by atoms with Crippen LogP contribution in [0.2, 0.25) is 0 Å². The molecule has 0 atom stereocenters. The number of sulfonamides is 1. The molecular weight excluding hydrogens is 398 g/mol. The van der Waals surface area contributed by atoms with Crippen LogP contribution in [0.4, 0.5) is 17.1 Å². The van der Waals surface area contributed by atoms with Gasteiger partial charge in [0.1, 0.15) is 0 Å². The van der Waals surface area contributed by atoms with Crippen molar-refractivity contribution in [2.45, 2.75) is 31.1 Å². The molecule has 6 nitrogen and oxygen atoms in total. The van der Waals surface area contributed by atoms with E-state index in [1.807, 2.05) is 24.3 Å². The lowest BCUT2D eigenvalue weighted by Gasteiger charge is -2.20. The number of hydrogen-bond donors (Lipinski definition) is 3. The molecule has 3 aromatic rings. The number of carbonyl (C=O) groups excluding carboxylic acids is 1. The molecule has 0 spiro atoms. The van der Waals surface area contributed by atoms with Crippen LogP contribution in [-0.4, -0.2) is 14.3 Å². The van der Waals surface area contributed by atoms with Crippen molar-refractivity contribution in [2.75, 3.05) is 10.6 Å². The molecule has 0 aromatic heterocycles. The molecule has 0 radical (unpaired) electrons. The Morgan fingerprint density at radius 2 is 1.53 bits per heavy atom. The first-order valence-corrected chi connectivity index (χ1v) is 11.0. The normalized spacial score (nSPS) is 11.7. The molecule has 3 aromatic carbocycles. The second-order valence-electron chi connectivity index (χ2n) is 8.03. The highest BCUT2D eigenvalue weighted by Crippen LogP contribution is 2.28. The summed E-state index contributed by atoms with van der Waals surface area (Å²) < 4.78 is 23.1. The summed E-state index contributed by atoms with van der Waals surface area (Å²) in [5, 5.41) is 11.2. The van der Waals surface area contributed by atoms with Gasteiger partial charge < -0.3 is 10.6 Å². The summed E-state index contributed by atoms with van der Waals surface area (Å²) >= 11 is 0. The number of anilines is 3. The molecule has 156 valence electrons. The largest absolute Gasteiger partial charge is 0.355 e. The summed E-state index contributed by atoms with van der Waals surface area (Å²) in [4.78, 5) is 12.8. The van der Waals surface area contributed by atoms with Crippen molar-refractivity contribution >= 4 is 33.0 Å². The van der Waals surface area contributed by atoms with Gasteiger partial charge in [-0.15, -0.1) is 0 Å². The number of nitrogens with one attached hydrogen (secondary N) is 2. The average molecular weight is 424 g/mol. The Labute approximate surface area is 177 Å².